The fourth-order valence-electron chi connectivity index (χ4n) is 1.92. The Balaban J connectivity index is 1.62. The van der Waals surface area contributed by atoms with Gasteiger partial charge in [-0.25, -0.2) is 0 Å². The summed E-state index contributed by atoms with van der Waals surface area (Å²) in [7, 11) is 0. The molecule has 6 heteroatoms. The molecule has 2 atom stereocenters. The van der Waals surface area contributed by atoms with Gasteiger partial charge in [-0.15, -0.1) is 0 Å². The van der Waals surface area contributed by atoms with E-state index in [9.17, 15) is 4.79 Å². The topological polar surface area (TPSA) is 65.2 Å². The Hall–Kier alpha value is -1.88. The van der Waals surface area contributed by atoms with E-state index in [1.165, 1.54) is 0 Å². The van der Waals surface area contributed by atoms with Crippen LogP contribution >= 0.6 is 11.6 Å². The van der Waals surface area contributed by atoms with Gasteiger partial charge < -0.3 is 9.26 Å². The van der Waals surface area contributed by atoms with E-state index in [1.54, 1.807) is 24.3 Å². The third kappa shape index (κ3) is 2.82. The number of aromatic nitrogens is 2. The van der Waals surface area contributed by atoms with Crippen molar-refractivity contribution in [3.63, 3.8) is 0 Å². The van der Waals surface area contributed by atoms with Gasteiger partial charge in [0.05, 0.1) is 5.92 Å². The number of halogens is 1. The van der Waals surface area contributed by atoms with Gasteiger partial charge in [0.25, 0.3) is 5.89 Å². The second-order valence-electron chi connectivity index (χ2n) is 4.95. The quantitative estimate of drug-likeness (QED) is 0.810. The number of hydrogen-bond acceptors (Lipinski definition) is 5. The highest BCUT2D eigenvalue weighted by Crippen LogP contribution is 2.38. The summed E-state index contributed by atoms with van der Waals surface area (Å²) in [6.45, 7) is 2.04. The lowest BCUT2D eigenvalue weighted by Gasteiger charge is -1.99. The van der Waals surface area contributed by atoms with Crippen LogP contribution in [0.25, 0.3) is 11.4 Å². The van der Waals surface area contributed by atoms with Crippen LogP contribution in [0.15, 0.2) is 28.8 Å². The van der Waals surface area contributed by atoms with Crippen molar-refractivity contribution in [2.24, 2.45) is 11.8 Å². The minimum absolute atomic E-state index is 0.0165. The Labute approximate surface area is 120 Å². The first-order valence-corrected chi connectivity index (χ1v) is 6.76. The molecule has 20 heavy (non-hydrogen) atoms. The van der Waals surface area contributed by atoms with E-state index in [0.717, 1.165) is 12.0 Å². The minimum atomic E-state index is -0.191. The monoisotopic (exact) mass is 292 g/mol. The molecule has 1 aromatic heterocycles. The molecule has 104 valence electrons. The second kappa shape index (κ2) is 5.25. The number of ether oxygens (including phenoxy) is 1. The summed E-state index contributed by atoms with van der Waals surface area (Å²) < 4.78 is 10.2. The summed E-state index contributed by atoms with van der Waals surface area (Å²) in [6, 6.07) is 7.10. The number of rotatable bonds is 4. The zero-order chi connectivity index (χ0) is 14.1. The Bertz CT molecular complexity index is 624. The molecule has 0 unspecified atom stereocenters. The molecule has 0 aliphatic heterocycles. The van der Waals surface area contributed by atoms with Crippen LogP contribution in [-0.4, -0.2) is 16.1 Å². The van der Waals surface area contributed by atoms with Crippen molar-refractivity contribution in [1.29, 1.82) is 0 Å². The SMILES string of the molecule is C[C@@H]1C[C@@H]1C(=O)OCc1nc(-c2ccc(Cl)cc2)no1. The van der Waals surface area contributed by atoms with Crippen LogP contribution in [0.3, 0.4) is 0 Å². The highest BCUT2D eigenvalue weighted by Gasteiger charge is 2.40. The van der Waals surface area contributed by atoms with Crippen LogP contribution in [0.1, 0.15) is 19.2 Å². The molecule has 3 rings (SSSR count). The van der Waals surface area contributed by atoms with Gasteiger partial charge in [-0.1, -0.05) is 23.7 Å². The third-order valence-electron chi connectivity index (χ3n) is 3.32. The second-order valence-corrected chi connectivity index (χ2v) is 5.38. The molecule has 1 aliphatic rings. The maximum Gasteiger partial charge on any atom is 0.309 e. The standard InChI is InChI=1S/C14H13ClN2O3/c1-8-6-11(8)14(18)19-7-12-16-13(17-20-12)9-2-4-10(15)5-3-9/h2-5,8,11H,6-7H2,1H3/t8-,11+/m1/s1. The first-order chi connectivity index (χ1) is 9.63. The summed E-state index contributed by atoms with van der Waals surface area (Å²) in [5.41, 5.74) is 0.798. The smallest absolute Gasteiger partial charge is 0.309 e. The predicted octanol–water partition coefficient (Wildman–Crippen LogP) is 3.09. The number of carbonyl (C=O) groups is 1. The van der Waals surface area contributed by atoms with E-state index in [4.69, 9.17) is 20.9 Å². The number of nitrogens with zero attached hydrogens (tertiary/aromatic N) is 2. The van der Waals surface area contributed by atoms with Crippen molar-refractivity contribution in [3.8, 4) is 11.4 Å². The largest absolute Gasteiger partial charge is 0.455 e. The minimum Gasteiger partial charge on any atom is -0.455 e. The zero-order valence-corrected chi connectivity index (χ0v) is 11.6. The average molecular weight is 293 g/mol. The van der Waals surface area contributed by atoms with E-state index >= 15 is 0 Å². The van der Waals surface area contributed by atoms with Crippen LogP contribution in [0.2, 0.25) is 5.02 Å². The molecule has 1 saturated carbocycles. The number of benzene rings is 1. The van der Waals surface area contributed by atoms with Crippen LogP contribution in [0.5, 0.6) is 0 Å². The van der Waals surface area contributed by atoms with Crippen molar-refractivity contribution in [2.75, 3.05) is 0 Å². The Morgan fingerprint density at radius 1 is 1.45 bits per heavy atom. The van der Waals surface area contributed by atoms with Crippen molar-refractivity contribution in [3.05, 3.63) is 35.2 Å². The Morgan fingerprint density at radius 3 is 2.80 bits per heavy atom. The van der Waals surface area contributed by atoms with Crippen molar-refractivity contribution >= 4 is 17.6 Å². The van der Waals surface area contributed by atoms with Crippen molar-refractivity contribution in [1.82, 2.24) is 10.1 Å². The van der Waals surface area contributed by atoms with Gasteiger partial charge in [0.2, 0.25) is 5.82 Å². The molecule has 1 aromatic carbocycles. The molecule has 1 aliphatic carbocycles. The van der Waals surface area contributed by atoms with Gasteiger partial charge in [-0.2, -0.15) is 4.98 Å². The van der Waals surface area contributed by atoms with E-state index < -0.39 is 0 Å². The number of hydrogen-bond donors (Lipinski definition) is 0. The van der Waals surface area contributed by atoms with Gasteiger partial charge in [-0.3, -0.25) is 4.79 Å². The summed E-state index contributed by atoms with van der Waals surface area (Å²) in [5.74, 6) is 1.01. The molecule has 5 nitrogen and oxygen atoms in total. The van der Waals surface area contributed by atoms with E-state index in [-0.39, 0.29) is 24.4 Å². The predicted molar refractivity (Wildman–Crippen MR) is 71.8 cm³/mol. The maximum atomic E-state index is 11.6. The van der Waals surface area contributed by atoms with Crippen LogP contribution in [0, 0.1) is 11.8 Å². The molecule has 0 saturated heterocycles. The molecule has 2 aromatic rings. The number of carbonyl (C=O) groups excluding carboxylic acids is 1. The molecule has 0 amide bonds. The highest BCUT2D eigenvalue weighted by molar-refractivity contribution is 6.30. The molecule has 1 fully saturated rings. The molecular formula is C14H13ClN2O3. The first kappa shape index (κ1) is 13.1. The van der Waals surface area contributed by atoms with Crippen molar-refractivity contribution in [2.45, 2.75) is 20.0 Å². The zero-order valence-electron chi connectivity index (χ0n) is 10.9. The first-order valence-electron chi connectivity index (χ1n) is 6.38. The highest BCUT2D eigenvalue weighted by atomic mass is 35.5. The molecule has 0 bridgehead atoms. The molecule has 0 spiro atoms. The average Bonchev–Trinajstić information content (AvgIpc) is 3.00. The summed E-state index contributed by atoms with van der Waals surface area (Å²) in [6.07, 6.45) is 0.901. The van der Waals surface area contributed by atoms with Gasteiger partial charge in [0.15, 0.2) is 6.61 Å². The van der Waals surface area contributed by atoms with Gasteiger partial charge in [0, 0.05) is 10.6 Å². The lowest BCUT2D eigenvalue weighted by atomic mass is 10.2. The Kier molecular flexibility index (Phi) is 3.44. The van der Waals surface area contributed by atoms with E-state index in [0.29, 0.717) is 16.8 Å². The van der Waals surface area contributed by atoms with E-state index in [2.05, 4.69) is 10.1 Å². The summed E-state index contributed by atoms with van der Waals surface area (Å²) >= 11 is 5.81. The lowest BCUT2D eigenvalue weighted by Crippen LogP contribution is -2.07. The van der Waals surface area contributed by atoms with Crippen molar-refractivity contribution < 1.29 is 14.1 Å². The molecular weight excluding hydrogens is 280 g/mol. The normalized spacial score (nSPS) is 20.7. The van der Waals surface area contributed by atoms with E-state index in [1.807, 2.05) is 6.92 Å². The van der Waals surface area contributed by atoms with Crippen LogP contribution < -0.4 is 0 Å². The summed E-state index contributed by atoms with van der Waals surface area (Å²) in [5, 5.41) is 4.49. The molecule has 1 heterocycles. The van der Waals surface area contributed by atoms with Gasteiger partial charge in [0.1, 0.15) is 0 Å². The van der Waals surface area contributed by atoms with Crippen LogP contribution in [0.4, 0.5) is 0 Å². The third-order valence-corrected chi connectivity index (χ3v) is 3.57. The molecule has 0 N–H and O–H groups in total. The van der Waals surface area contributed by atoms with Gasteiger partial charge in [-0.05, 0) is 36.6 Å². The summed E-state index contributed by atoms with van der Waals surface area (Å²) in [4.78, 5) is 15.8. The number of esters is 1. The molecule has 0 radical (unpaired) electrons. The lowest BCUT2D eigenvalue weighted by molar-refractivity contribution is -0.147. The maximum absolute atomic E-state index is 11.6. The Morgan fingerprint density at radius 2 is 2.15 bits per heavy atom. The fraction of sp³-hybridized carbons (Fsp3) is 0.357. The van der Waals surface area contributed by atoms with Gasteiger partial charge >= 0.3 is 5.97 Å². The fourth-order valence-corrected chi connectivity index (χ4v) is 2.05. The van der Waals surface area contributed by atoms with Crippen LogP contribution in [-0.2, 0) is 16.1 Å².